The van der Waals surface area contributed by atoms with Gasteiger partial charge in [-0.2, -0.15) is 8.78 Å². The minimum Gasteiger partial charge on any atom is -0.477 e. The van der Waals surface area contributed by atoms with Gasteiger partial charge in [0.2, 0.25) is 0 Å². The van der Waals surface area contributed by atoms with E-state index in [9.17, 15) is 23.5 Å². The molecule has 1 aromatic heterocycles. The van der Waals surface area contributed by atoms with Crippen molar-refractivity contribution in [3.8, 4) is 0 Å². The van der Waals surface area contributed by atoms with Crippen molar-refractivity contribution in [1.82, 2.24) is 4.90 Å². The van der Waals surface area contributed by atoms with Crippen molar-refractivity contribution in [3.63, 3.8) is 0 Å². The number of alkyl halides is 2. The van der Waals surface area contributed by atoms with E-state index in [1.165, 1.54) is 28.7 Å². The molecule has 1 aliphatic heterocycles. The van der Waals surface area contributed by atoms with Crippen LogP contribution >= 0.6 is 11.3 Å². The number of carboxylic acids is 1. The molecule has 34 heavy (non-hydrogen) atoms. The number of aryl methyl sites for hydroxylation is 2. The van der Waals surface area contributed by atoms with Crippen molar-refractivity contribution in [2.24, 2.45) is 5.92 Å². The second-order valence-corrected chi connectivity index (χ2v) is 10.0. The highest BCUT2D eigenvalue weighted by Crippen LogP contribution is 2.34. The third kappa shape index (κ3) is 6.96. The fraction of sp³-hybridized carbons (Fsp3) is 0.462. The monoisotopic (exact) mass is 491 g/mol. The number of aromatic carboxylic acids is 1. The van der Waals surface area contributed by atoms with Gasteiger partial charge in [-0.25, -0.2) is 4.79 Å². The highest BCUT2D eigenvalue weighted by molar-refractivity contribution is 7.13. The Hall–Kier alpha value is -2.58. The van der Waals surface area contributed by atoms with Crippen molar-refractivity contribution in [1.29, 1.82) is 0 Å². The van der Waals surface area contributed by atoms with Crippen LogP contribution in [0.25, 0.3) is 0 Å². The van der Waals surface area contributed by atoms with Crippen molar-refractivity contribution in [2.45, 2.75) is 63.5 Å². The van der Waals surface area contributed by atoms with Gasteiger partial charge in [0.15, 0.2) is 0 Å². The SMILES string of the molecule is C[C@H](CCCc1ccccc1)[C@@H](O)C=C[C@H]1CC(F)(F)C(=O)N1CCCc1ccc(C(=O)O)s1. The van der Waals surface area contributed by atoms with Crippen LogP contribution in [0.4, 0.5) is 8.78 Å². The molecule has 1 aromatic carbocycles. The molecule has 0 bridgehead atoms. The van der Waals surface area contributed by atoms with Crippen molar-refractivity contribution in [2.75, 3.05) is 6.54 Å². The molecule has 0 radical (unpaired) electrons. The quantitative estimate of drug-likeness (QED) is 0.401. The third-order valence-corrected chi connectivity index (χ3v) is 7.35. The number of carboxylic acid groups (broad SMARTS) is 1. The molecule has 2 N–H and O–H groups in total. The van der Waals surface area contributed by atoms with Gasteiger partial charge >= 0.3 is 11.9 Å². The maximum Gasteiger partial charge on any atom is 0.345 e. The van der Waals surface area contributed by atoms with E-state index >= 15 is 0 Å². The summed E-state index contributed by atoms with van der Waals surface area (Å²) < 4.78 is 28.3. The van der Waals surface area contributed by atoms with Gasteiger partial charge in [0, 0.05) is 17.8 Å². The largest absolute Gasteiger partial charge is 0.477 e. The number of thiophene rings is 1. The fourth-order valence-electron chi connectivity index (χ4n) is 4.19. The van der Waals surface area contributed by atoms with Crippen LogP contribution in [0.5, 0.6) is 0 Å². The lowest BCUT2D eigenvalue weighted by Crippen LogP contribution is -2.36. The molecule has 0 unspecified atom stereocenters. The van der Waals surface area contributed by atoms with Crippen LogP contribution in [0.3, 0.4) is 0 Å². The zero-order valence-corrected chi connectivity index (χ0v) is 20.0. The van der Waals surface area contributed by atoms with E-state index < -0.39 is 36.4 Å². The smallest absolute Gasteiger partial charge is 0.345 e. The number of aliphatic hydroxyl groups excluding tert-OH is 1. The Morgan fingerprint density at radius 2 is 1.94 bits per heavy atom. The maximum atomic E-state index is 14.1. The highest BCUT2D eigenvalue weighted by atomic mass is 32.1. The number of likely N-dealkylation sites (tertiary alicyclic amines) is 1. The number of carbonyl (C=O) groups excluding carboxylic acids is 1. The van der Waals surface area contributed by atoms with Crippen LogP contribution in [0.1, 0.15) is 52.7 Å². The number of nitrogens with zero attached hydrogens (tertiary/aromatic N) is 1. The third-order valence-electron chi connectivity index (χ3n) is 6.22. The molecule has 184 valence electrons. The number of benzene rings is 1. The summed E-state index contributed by atoms with van der Waals surface area (Å²) in [6, 6.07) is 12.5. The van der Waals surface area contributed by atoms with E-state index in [4.69, 9.17) is 5.11 Å². The summed E-state index contributed by atoms with van der Waals surface area (Å²) in [5, 5.41) is 19.5. The van der Waals surface area contributed by atoms with Gasteiger partial charge in [-0.05, 0) is 55.7 Å². The van der Waals surface area contributed by atoms with Crippen LogP contribution in [0.15, 0.2) is 54.6 Å². The normalized spacial score (nSPS) is 19.6. The maximum absolute atomic E-state index is 14.1. The Bertz CT molecular complexity index is 992. The summed E-state index contributed by atoms with van der Waals surface area (Å²) in [4.78, 5) is 25.5. The average molecular weight is 492 g/mol. The number of aliphatic hydroxyl groups is 1. The van der Waals surface area contributed by atoms with Crippen LogP contribution in [0.2, 0.25) is 0 Å². The number of rotatable bonds is 12. The highest BCUT2D eigenvalue weighted by Gasteiger charge is 2.52. The van der Waals surface area contributed by atoms with Gasteiger partial charge in [-0.1, -0.05) is 49.4 Å². The first-order chi connectivity index (χ1) is 16.2. The minimum atomic E-state index is -3.42. The molecule has 3 atom stereocenters. The second kappa shape index (κ2) is 11.7. The molecule has 0 spiro atoms. The number of amides is 1. The first-order valence-electron chi connectivity index (χ1n) is 11.6. The first kappa shape index (κ1) is 26.0. The predicted molar refractivity (Wildman–Crippen MR) is 128 cm³/mol. The summed E-state index contributed by atoms with van der Waals surface area (Å²) in [5.41, 5.74) is 1.24. The summed E-state index contributed by atoms with van der Waals surface area (Å²) in [6.45, 7) is 2.07. The van der Waals surface area contributed by atoms with Crippen LogP contribution < -0.4 is 0 Å². The molecule has 2 heterocycles. The van der Waals surface area contributed by atoms with Crippen LogP contribution in [-0.4, -0.2) is 51.6 Å². The Balaban J connectivity index is 1.51. The second-order valence-electron chi connectivity index (χ2n) is 8.88. The van der Waals surface area contributed by atoms with E-state index in [1.807, 2.05) is 25.1 Å². The Morgan fingerprint density at radius 3 is 2.62 bits per heavy atom. The predicted octanol–water partition coefficient (Wildman–Crippen LogP) is 5.19. The first-order valence-corrected chi connectivity index (χ1v) is 12.4. The zero-order chi connectivity index (χ0) is 24.7. The van der Waals surface area contributed by atoms with Gasteiger partial charge in [-0.15, -0.1) is 11.3 Å². The number of halogens is 2. The standard InChI is InChI=1S/C26H31F2NO4S/c1-18(7-5-10-19-8-3-2-4-9-19)22(30)14-12-20-17-26(27,28)25(33)29(20)16-6-11-21-13-15-23(34-21)24(31)32/h2-4,8-9,12-15,18,20,22,30H,5-7,10-11,16-17H2,1H3,(H,31,32)/t18-,20+,22+/m1/s1. The Labute approximate surface area is 202 Å². The van der Waals surface area contributed by atoms with E-state index in [2.05, 4.69) is 12.1 Å². The van der Waals surface area contributed by atoms with E-state index in [0.717, 1.165) is 35.5 Å². The van der Waals surface area contributed by atoms with Gasteiger partial charge in [-0.3, -0.25) is 4.79 Å². The molecule has 1 fully saturated rings. The van der Waals surface area contributed by atoms with Gasteiger partial charge in [0.1, 0.15) is 4.88 Å². The lowest BCUT2D eigenvalue weighted by Gasteiger charge is -2.22. The molecule has 1 saturated heterocycles. The summed E-state index contributed by atoms with van der Waals surface area (Å²) in [5.74, 6) is -5.64. The molecule has 5 nitrogen and oxygen atoms in total. The van der Waals surface area contributed by atoms with Crippen LogP contribution in [0, 0.1) is 5.92 Å². The van der Waals surface area contributed by atoms with Crippen molar-refractivity contribution < 1.29 is 28.6 Å². The Kier molecular flexibility index (Phi) is 8.97. The lowest BCUT2D eigenvalue weighted by molar-refractivity contribution is -0.148. The summed E-state index contributed by atoms with van der Waals surface area (Å²) in [6.07, 6.45) is 5.27. The number of hydrogen-bond acceptors (Lipinski definition) is 4. The number of hydrogen-bond donors (Lipinski definition) is 2. The van der Waals surface area contributed by atoms with Gasteiger partial charge in [0.25, 0.3) is 5.91 Å². The van der Waals surface area contributed by atoms with E-state index in [-0.39, 0.29) is 17.3 Å². The molecular formula is C26H31F2NO4S. The molecular weight excluding hydrogens is 460 g/mol. The molecule has 1 amide bonds. The molecule has 3 rings (SSSR count). The van der Waals surface area contributed by atoms with Gasteiger partial charge < -0.3 is 15.1 Å². The Morgan fingerprint density at radius 1 is 1.21 bits per heavy atom. The average Bonchev–Trinajstić information content (AvgIpc) is 3.36. The zero-order valence-electron chi connectivity index (χ0n) is 19.2. The lowest BCUT2D eigenvalue weighted by atomic mass is 9.95. The molecule has 0 aliphatic carbocycles. The summed E-state index contributed by atoms with van der Waals surface area (Å²) in [7, 11) is 0. The minimum absolute atomic E-state index is 0.0340. The molecule has 8 heteroatoms. The van der Waals surface area contributed by atoms with Gasteiger partial charge in [0.05, 0.1) is 12.1 Å². The molecule has 2 aromatic rings. The van der Waals surface area contributed by atoms with E-state index in [0.29, 0.717) is 12.8 Å². The van der Waals surface area contributed by atoms with Crippen molar-refractivity contribution in [3.05, 3.63) is 69.9 Å². The molecule has 0 saturated carbocycles. The molecule has 1 aliphatic rings. The topological polar surface area (TPSA) is 77.8 Å². The van der Waals surface area contributed by atoms with Crippen LogP contribution in [-0.2, 0) is 17.6 Å². The van der Waals surface area contributed by atoms with E-state index in [1.54, 1.807) is 6.07 Å². The fourth-order valence-corrected chi connectivity index (χ4v) is 5.07. The van der Waals surface area contributed by atoms with Crippen molar-refractivity contribution >= 4 is 23.2 Å². The number of carbonyl (C=O) groups is 2. The summed E-state index contributed by atoms with van der Waals surface area (Å²) >= 11 is 1.15.